The maximum atomic E-state index is 13.4. The number of likely N-dealkylation sites (tertiary alicyclic amines) is 1. The highest BCUT2D eigenvalue weighted by molar-refractivity contribution is 6.31. The minimum Gasteiger partial charge on any atom is -0.328 e. The van der Waals surface area contributed by atoms with Crippen LogP contribution in [0.4, 0.5) is 5.69 Å². The maximum Gasteiger partial charge on any atom is 0.241 e. The van der Waals surface area contributed by atoms with Crippen LogP contribution in [0, 0.1) is 0 Å². The fourth-order valence-electron chi connectivity index (χ4n) is 4.10. The van der Waals surface area contributed by atoms with Crippen molar-refractivity contribution in [3.63, 3.8) is 0 Å². The van der Waals surface area contributed by atoms with Crippen LogP contribution in [0.15, 0.2) is 78.9 Å². The van der Waals surface area contributed by atoms with Gasteiger partial charge in [0.05, 0.1) is 11.7 Å². The van der Waals surface area contributed by atoms with Crippen molar-refractivity contribution in [2.75, 3.05) is 11.9 Å². The number of carbonyl (C=O) groups is 2. The maximum absolute atomic E-state index is 13.4. The fourth-order valence-corrected chi connectivity index (χ4v) is 4.27. The number of carbonyl (C=O) groups excluding carboxylic acids is 2. The number of benzene rings is 3. The predicted octanol–water partition coefficient (Wildman–Crippen LogP) is 4.50. The van der Waals surface area contributed by atoms with Gasteiger partial charge in [0, 0.05) is 35.3 Å². The summed E-state index contributed by atoms with van der Waals surface area (Å²) in [6.07, 6.45) is 1.41. The van der Waals surface area contributed by atoms with Gasteiger partial charge < -0.3 is 11.1 Å². The van der Waals surface area contributed by atoms with Crippen LogP contribution < -0.4 is 11.1 Å². The minimum atomic E-state index is -0.380. The number of anilines is 1. The van der Waals surface area contributed by atoms with Gasteiger partial charge in [0.2, 0.25) is 5.91 Å². The van der Waals surface area contributed by atoms with Crippen LogP contribution in [0.5, 0.6) is 0 Å². The fraction of sp³-hybridized carbons (Fsp3) is 0.231. The van der Waals surface area contributed by atoms with E-state index in [-0.39, 0.29) is 23.8 Å². The van der Waals surface area contributed by atoms with E-state index in [0.717, 1.165) is 18.5 Å². The average Bonchev–Trinajstić information content (AvgIpc) is 2.82. The summed E-state index contributed by atoms with van der Waals surface area (Å²) in [6, 6.07) is 23.6. The molecule has 0 saturated carbocycles. The molecule has 1 heterocycles. The second-order valence-corrected chi connectivity index (χ2v) is 8.57. The summed E-state index contributed by atoms with van der Waals surface area (Å²) in [5, 5.41) is 3.42. The molecule has 6 heteroatoms. The van der Waals surface area contributed by atoms with Crippen molar-refractivity contribution >= 4 is 29.0 Å². The molecule has 0 bridgehead atoms. The summed E-state index contributed by atoms with van der Waals surface area (Å²) in [4.78, 5) is 28.6. The van der Waals surface area contributed by atoms with E-state index in [1.165, 1.54) is 0 Å². The third kappa shape index (κ3) is 5.25. The average molecular weight is 448 g/mol. The summed E-state index contributed by atoms with van der Waals surface area (Å²) in [5.74, 6) is -0.356. The Labute approximate surface area is 193 Å². The molecule has 3 N–H and O–H groups in total. The lowest BCUT2D eigenvalue weighted by Gasteiger charge is -2.37. The van der Waals surface area contributed by atoms with Gasteiger partial charge in [-0.05, 0) is 36.6 Å². The van der Waals surface area contributed by atoms with Gasteiger partial charge in [-0.1, -0.05) is 72.3 Å². The number of hydrogen-bond donors (Lipinski definition) is 2. The zero-order valence-electron chi connectivity index (χ0n) is 17.7. The summed E-state index contributed by atoms with van der Waals surface area (Å²) < 4.78 is 0. The van der Waals surface area contributed by atoms with Crippen molar-refractivity contribution in [2.24, 2.45) is 5.73 Å². The van der Waals surface area contributed by atoms with Crippen molar-refractivity contribution in [1.82, 2.24) is 4.90 Å². The van der Waals surface area contributed by atoms with Gasteiger partial charge in [0.1, 0.15) is 0 Å². The summed E-state index contributed by atoms with van der Waals surface area (Å²) >= 11 is 6.18. The van der Waals surface area contributed by atoms with Crippen LogP contribution in [0.3, 0.4) is 0 Å². The smallest absolute Gasteiger partial charge is 0.241 e. The van der Waals surface area contributed by atoms with E-state index < -0.39 is 0 Å². The predicted molar refractivity (Wildman–Crippen MR) is 128 cm³/mol. The van der Waals surface area contributed by atoms with Crippen molar-refractivity contribution in [3.8, 4) is 0 Å². The summed E-state index contributed by atoms with van der Waals surface area (Å²) in [5.41, 5.74) is 8.71. The van der Waals surface area contributed by atoms with E-state index >= 15 is 0 Å². The highest BCUT2D eigenvalue weighted by atomic mass is 35.5. The van der Waals surface area contributed by atoms with E-state index in [0.29, 0.717) is 34.8 Å². The Morgan fingerprint density at radius 1 is 1.00 bits per heavy atom. The Morgan fingerprint density at radius 2 is 1.69 bits per heavy atom. The molecule has 0 aromatic heterocycles. The Kier molecular flexibility index (Phi) is 7.00. The first-order chi connectivity index (χ1) is 15.5. The van der Waals surface area contributed by atoms with Crippen LogP contribution in [0.1, 0.15) is 34.3 Å². The standard InChI is InChI=1S/C26H26ClN3O2/c27-20-11-12-23(22(15-20)25(31)19-9-5-2-6-10-19)29-26(32)24-16-21(28)13-14-30(24)17-18-7-3-1-4-8-18/h1-12,15,21,24H,13-14,16-17,28H2,(H,29,32). The van der Waals surface area contributed by atoms with Crippen LogP contribution in [-0.2, 0) is 11.3 Å². The Balaban J connectivity index is 1.57. The number of piperidine rings is 1. The first-order valence-electron chi connectivity index (χ1n) is 10.7. The van der Waals surface area contributed by atoms with Gasteiger partial charge in [0.15, 0.2) is 5.78 Å². The molecule has 2 atom stereocenters. The number of ketones is 1. The molecule has 4 rings (SSSR count). The number of rotatable bonds is 6. The number of amides is 1. The molecule has 2 unspecified atom stereocenters. The van der Waals surface area contributed by atoms with Crippen LogP contribution in [-0.4, -0.2) is 35.2 Å². The van der Waals surface area contributed by atoms with Crippen LogP contribution in [0.2, 0.25) is 5.02 Å². The number of halogens is 1. The molecule has 0 radical (unpaired) electrons. The van der Waals surface area contributed by atoms with Gasteiger partial charge in [-0.25, -0.2) is 0 Å². The summed E-state index contributed by atoms with van der Waals surface area (Å²) in [6.45, 7) is 1.41. The Morgan fingerprint density at radius 3 is 2.41 bits per heavy atom. The Bertz CT molecular complexity index is 1090. The molecule has 32 heavy (non-hydrogen) atoms. The lowest BCUT2D eigenvalue weighted by molar-refractivity contribution is -0.123. The third-order valence-corrected chi connectivity index (χ3v) is 6.04. The van der Waals surface area contributed by atoms with E-state index in [4.69, 9.17) is 17.3 Å². The molecule has 164 valence electrons. The number of nitrogens with one attached hydrogen (secondary N) is 1. The van der Waals surface area contributed by atoms with Gasteiger partial charge in [0.25, 0.3) is 0 Å². The largest absolute Gasteiger partial charge is 0.328 e. The quantitative estimate of drug-likeness (QED) is 0.545. The zero-order valence-corrected chi connectivity index (χ0v) is 18.5. The SMILES string of the molecule is NC1CCN(Cc2ccccc2)C(C(=O)Nc2ccc(Cl)cc2C(=O)c2ccccc2)C1. The first-order valence-corrected chi connectivity index (χ1v) is 11.1. The molecule has 1 saturated heterocycles. The van der Waals surface area contributed by atoms with Gasteiger partial charge >= 0.3 is 0 Å². The second kappa shape index (κ2) is 10.1. The van der Waals surface area contributed by atoms with Crippen molar-refractivity contribution in [2.45, 2.75) is 31.5 Å². The molecule has 1 fully saturated rings. The molecule has 3 aromatic carbocycles. The Hall–Kier alpha value is -2.99. The van der Waals surface area contributed by atoms with E-state index in [1.807, 2.05) is 24.3 Å². The van der Waals surface area contributed by atoms with Gasteiger partial charge in [-0.3, -0.25) is 14.5 Å². The molecule has 3 aromatic rings. The zero-order chi connectivity index (χ0) is 22.5. The van der Waals surface area contributed by atoms with Crippen LogP contribution >= 0.6 is 11.6 Å². The highest BCUT2D eigenvalue weighted by Crippen LogP contribution is 2.26. The molecule has 1 aliphatic heterocycles. The number of nitrogens with zero attached hydrogens (tertiary/aromatic N) is 1. The molecule has 0 aliphatic carbocycles. The number of hydrogen-bond acceptors (Lipinski definition) is 4. The van der Waals surface area contributed by atoms with E-state index in [2.05, 4.69) is 22.3 Å². The number of nitrogens with two attached hydrogens (primary N) is 1. The van der Waals surface area contributed by atoms with Crippen molar-refractivity contribution < 1.29 is 9.59 Å². The summed E-state index contributed by atoms with van der Waals surface area (Å²) in [7, 11) is 0. The molecular formula is C26H26ClN3O2. The molecule has 0 spiro atoms. The lowest BCUT2D eigenvalue weighted by atomic mass is 9.96. The normalized spacial score (nSPS) is 18.8. The monoisotopic (exact) mass is 447 g/mol. The second-order valence-electron chi connectivity index (χ2n) is 8.13. The molecule has 1 amide bonds. The molecule has 1 aliphatic rings. The van der Waals surface area contributed by atoms with Gasteiger partial charge in [-0.15, -0.1) is 0 Å². The van der Waals surface area contributed by atoms with Gasteiger partial charge in [-0.2, -0.15) is 0 Å². The van der Waals surface area contributed by atoms with Crippen molar-refractivity contribution in [3.05, 3.63) is 101 Å². The van der Waals surface area contributed by atoms with E-state index in [1.54, 1.807) is 42.5 Å². The third-order valence-electron chi connectivity index (χ3n) is 5.81. The van der Waals surface area contributed by atoms with Crippen molar-refractivity contribution in [1.29, 1.82) is 0 Å². The van der Waals surface area contributed by atoms with E-state index in [9.17, 15) is 9.59 Å². The first kappa shape index (κ1) is 22.2. The lowest BCUT2D eigenvalue weighted by Crippen LogP contribution is -2.52. The molecule has 5 nitrogen and oxygen atoms in total. The molecular weight excluding hydrogens is 422 g/mol. The topological polar surface area (TPSA) is 75.4 Å². The minimum absolute atomic E-state index is 0.0339. The highest BCUT2D eigenvalue weighted by Gasteiger charge is 2.32. The van der Waals surface area contributed by atoms with Crippen LogP contribution in [0.25, 0.3) is 0 Å².